The molecule has 0 unspecified atom stereocenters. The van der Waals surface area contributed by atoms with E-state index < -0.39 is 5.92 Å². The van der Waals surface area contributed by atoms with Crippen LogP contribution in [-0.4, -0.2) is 37.0 Å². The quantitative estimate of drug-likeness (QED) is 0.506. The number of aryl methyl sites for hydroxylation is 2. The Kier molecular flexibility index (Phi) is 6.43. The highest BCUT2D eigenvalue weighted by Crippen LogP contribution is 2.42. The molecule has 1 saturated heterocycles. The van der Waals surface area contributed by atoms with Crippen LogP contribution >= 0.6 is 0 Å². The molecule has 0 bridgehead atoms. The predicted octanol–water partition coefficient (Wildman–Crippen LogP) is 4.42. The fourth-order valence-electron chi connectivity index (χ4n) is 5.33. The molecule has 188 valence electrons. The van der Waals surface area contributed by atoms with Crippen molar-refractivity contribution in [2.24, 2.45) is 5.92 Å². The van der Waals surface area contributed by atoms with Crippen LogP contribution in [0.2, 0.25) is 0 Å². The molecule has 1 atom stereocenters. The zero-order chi connectivity index (χ0) is 26.2. The molecule has 0 spiro atoms. The fourth-order valence-corrected chi connectivity index (χ4v) is 5.33. The van der Waals surface area contributed by atoms with Crippen molar-refractivity contribution in [3.63, 3.8) is 0 Å². The number of rotatable bonds is 6. The lowest BCUT2D eigenvalue weighted by atomic mass is 9.85. The van der Waals surface area contributed by atoms with Gasteiger partial charge in [-0.05, 0) is 53.8 Å². The molecular formula is C30H30N4O3. The van der Waals surface area contributed by atoms with Crippen molar-refractivity contribution in [1.29, 1.82) is 5.26 Å². The van der Waals surface area contributed by atoms with Crippen molar-refractivity contribution in [2.75, 3.05) is 30.0 Å². The van der Waals surface area contributed by atoms with Gasteiger partial charge in [0.2, 0.25) is 17.7 Å². The molecule has 1 aromatic heterocycles. The molecule has 2 aromatic carbocycles. The van der Waals surface area contributed by atoms with E-state index in [0.29, 0.717) is 30.2 Å². The van der Waals surface area contributed by atoms with E-state index in [1.165, 1.54) is 5.56 Å². The summed E-state index contributed by atoms with van der Waals surface area (Å²) in [5, 5.41) is 9.21. The molecule has 0 aliphatic carbocycles. The molecule has 2 amide bonds. The predicted molar refractivity (Wildman–Crippen MR) is 142 cm³/mol. The number of nitriles is 1. The first-order chi connectivity index (χ1) is 17.8. The van der Waals surface area contributed by atoms with Gasteiger partial charge in [0.25, 0.3) is 0 Å². The summed E-state index contributed by atoms with van der Waals surface area (Å²) in [7, 11) is 1.61. The van der Waals surface area contributed by atoms with Gasteiger partial charge in [0, 0.05) is 48.6 Å². The van der Waals surface area contributed by atoms with Gasteiger partial charge in [0.15, 0.2) is 0 Å². The maximum absolute atomic E-state index is 13.7. The van der Waals surface area contributed by atoms with E-state index in [2.05, 4.69) is 43.1 Å². The van der Waals surface area contributed by atoms with Crippen LogP contribution in [0.25, 0.3) is 0 Å². The highest BCUT2D eigenvalue weighted by atomic mass is 16.5. The Bertz CT molecular complexity index is 1390. The van der Waals surface area contributed by atoms with Crippen LogP contribution < -0.4 is 14.5 Å². The maximum Gasteiger partial charge on any atom is 0.232 e. The van der Waals surface area contributed by atoms with E-state index in [9.17, 15) is 14.9 Å². The minimum Gasteiger partial charge on any atom is -0.481 e. The summed E-state index contributed by atoms with van der Waals surface area (Å²) in [6.45, 7) is 5.24. The number of hydrogen-bond acceptors (Lipinski definition) is 5. The van der Waals surface area contributed by atoms with E-state index >= 15 is 0 Å². The summed E-state index contributed by atoms with van der Waals surface area (Å²) in [5.74, 6) is 0.0875. The number of benzene rings is 2. The van der Waals surface area contributed by atoms with Gasteiger partial charge < -0.3 is 14.5 Å². The van der Waals surface area contributed by atoms with Crippen LogP contribution in [0.4, 0.5) is 11.4 Å². The molecule has 3 aromatic rings. The second-order valence-electron chi connectivity index (χ2n) is 10.4. The second kappa shape index (κ2) is 9.70. The normalized spacial score (nSPS) is 18.0. The topological polar surface area (TPSA) is 86.5 Å². The van der Waals surface area contributed by atoms with Gasteiger partial charge >= 0.3 is 0 Å². The molecule has 7 nitrogen and oxygen atoms in total. The standard InChI is InChI=1S/C30H30N4O3/c1-30(2)19-34(29(36)23-15-28(35)33(18-23)24-6-4-5-22(13-24)16-31)26-11-9-20(14-25(26)30)7-8-21-10-12-27(37-3)32-17-21/h4-6,9-14,17,23H,7-8,15,18-19H2,1-3H3/t23-/m0/s1. The first-order valence-electron chi connectivity index (χ1n) is 12.5. The first-order valence-corrected chi connectivity index (χ1v) is 12.5. The summed E-state index contributed by atoms with van der Waals surface area (Å²) < 4.78 is 5.14. The molecule has 37 heavy (non-hydrogen) atoms. The highest BCUT2D eigenvalue weighted by Gasteiger charge is 2.43. The van der Waals surface area contributed by atoms with Gasteiger partial charge in [-0.25, -0.2) is 4.98 Å². The Morgan fingerprint density at radius 2 is 1.92 bits per heavy atom. The van der Waals surface area contributed by atoms with E-state index in [4.69, 9.17) is 4.74 Å². The minimum absolute atomic E-state index is 0.0174. The Balaban J connectivity index is 1.31. The van der Waals surface area contributed by atoms with Crippen LogP contribution in [0, 0.1) is 17.2 Å². The SMILES string of the molecule is COc1ccc(CCc2ccc3c(c2)C(C)(C)CN3C(=O)[C@H]2CC(=O)N(c3cccc(C#N)c3)C2)cn1. The van der Waals surface area contributed by atoms with E-state index in [1.54, 1.807) is 30.2 Å². The largest absolute Gasteiger partial charge is 0.481 e. The number of hydrogen-bond donors (Lipinski definition) is 0. The zero-order valence-electron chi connectivity index (χ0n) is 21.4. The van der Waals surface area contributed by atoms with Crippen molar-refractivity contribution in [3.05, 3.63) is 83.0 Å². The average Bonchev–Trinajstić information content (AvgIpc) is 3.44. The van der Waals surface area contributed by atoms with Crippen molar-refractivity contribution >= 4 is 23.2 Å². The summed E-state index contributed by atoms with van der Waals surface area (Å²) >= 11 is 0. The summed E-state index contributed by atoms with van der Waals surface area (Å²) in [5.41, 5.74) is 5.43. The number of fused-ring (bicyclic) bond motifs is 1. The average molecular weight is 495 g/mol. The molecule has 1 fully saturated rings. The van der Waals surface area contributed by atoms with Gasteiger partial charge in [-0.2, -0.15) is 5.26 Å². The van der Waals surface area contributed by atoms with E-state index in [-0.39, 0.29) is 23.7 Å². The number of amides is 2. The van der Waals surface area contributed by atoms with Gasteiger partial charge in [-0.3, -0.25) is 9.59 Å². The Morgan fingerprint density at radius 3 is 2.65 bits per heavy atom. The number of carbonyl (C=O) groups excluding carboxylic acids is 2. The molecule has 2 aliphatic heterocycles. The molecule has 5 rings (SSSR count). The van der Waals surface area contributed by atoms with E-state index in [0.717, 1.165) is 29.7 Å². The minimum atomic E-state index is -0.415. The number of aromatic nitrogens is 1. The van der Waals surface area contributed by atoms with Crippen LogP contribution in [0.15, 0.2) is 60.8 Å². The van der Waals surface area contributed by atoms with Crippen molar-refractivity contribution in [3.8, 4) is 11.9 Å². The number of ether oxygens (including phenoxy) is 1. The molecule has 0 saturated carbocycles. The fraction of sp³-hybridized carbons (Fsp3) is 0.333. The van der Waals surface area contributed by atoms with Crippen LogP contribution in [0.3, 0.4) is 0 Å². The molecule has 2 aliphatic rings. The number of methoxy groups -OCH3 is 1. The van der Waals surface area contributed by atoms with Crippen LogP contribution in [-0.2, 0) is 27.8 Å². The van der Waals surface area contributed by atoms with Crippen molar-refractivity contribution < 1.29 is 14.3 Å². The number of carbonyl (C=O) groups is 2. The molecule has 0 radical (unpaired) electrons. The van der Waals surface area contributed by atoms with Gasteiger partial charge in [0.05, 0.1) is 24.7 Å². The molecule has 7 heteroatoms. The zero-order valence-corrected chi connectivity index (χ0v) is 21.4. The third-order valence-corrected chi connectivity index (χ3v) is 7.37. The van der Waals surface area contributed by atoms with Gasteiger partial charge in [0.1, 0.15) is 0 Å². The Hall–Kier alpha value is -4.18. The smallest absolute Gasteiger partial charge is 0.232 e. The number of anilines is 2. The lowest BCUT2D eigenvalue weighted by molar-refractivity contribution is -0.124. The number of pyridine rings is 1. The van der Waals surface area contributed by atoms with Crippen molar-refractivity contribution in [2.45, 2.75) is 38.5 Å². The first kappa shape index (κ1) is 24.5. The van der Waals surface area contributed by atoms with Gasteiger partial charge in [-0.1, -0.05) is 38.1 Å². The third kappa shape index (κ3) is 4.79. The van der Waals surface area contributed by atoms with Crippen molar-refractivity contribution in [1.82, 2.24) is 4.98 Å². The lowest BCUT2D eigenvalue weighted by Gasteiger charge is -2.23. The number of nitrogens with zero attached hydrogens (tertiary/aromatic N) is 4. The third-order valence-electron chi connectivity index (χ3n) is 7.37. The lowest BCUT2D eigenvalue weighted by Crippen LogP contribution is -2.39. The molecular weight excluding hydrogens is 464 g/mol. The van der Waals surface area contributed by atoms with Gasteiger partial charge in [-0.15, -0.1) is 0 Å². The van der Waals surface area contributed by atoms with Crippen LogP contribution in [0.1, 0.15) is 42.5 Å². The molecule has 3 heterocycles. The molecule has 0 N–H and O–H groups in total. The Labute approximate surface area is 217 Å². The summed E-state index contributed by atoms with van der Waals surface area (Å²) in [6.07, 6.45) is 3.76. The second-order valence-corrected chi connectivity index (χ2v) is 10.4. The highest BCUT2D eigenvalue weighted by molar-refractivity contribution is 6.05. The maximum atomic E-state index is 13.7. The van der Waals surface area contributed by atoms with Crippen LogP contribution in [0.5, 0.6) is 5.88 Å². The summed E-state index contributed by atoms with van der Waals surface area (Å²) in [6, 6.07) is 19.4. The summed E-state index contributed by atoms with van der Waals surface area (Å²) in [4.78, 5) is 34.3. The van der Waals surface area contributed by atoms with E-state index in [1.807, 2.05) is 29.3 Å². The Morgan fingerprint density at radius 1 is 1.14 bits per heavy atom. The monoisotopic (exact) mass is 494 g/mol.